The third kappa shape index (κ3) is 6.17. The van der Waals surface area contributed by atoms with E-state index in [1.807, 2.05) is 42.7 Å². The summed E-state index contributed by atoms with van der Waals surface area (Å²) in [5.41, 5.74) is 1.83. The maximum Gasteiger partial charge on any atom is 0.419 e. The van der Waals surface area contributed by atoms with Crippen LogP contribution in [0.25, 0.3) is 32.3 Å². The Balaban J connectivity index is 0.000000301. The lowest BCUT2D eigenvalue weighted by molar-refractivity contribution is -0.140. The summed E-state index contributed by atoms with van der Waals surface area (Å²) in [7, 11) is 3.30. The molecule has 1 unspecified atom stereocenters. The topological polar surface area (TPSA) is 31.4 Å². The van der Waals surface area contributed by atoms with Crippen LogP contribution in [0.3, 0.4) is 0 Å². The molecular formula is C38H33F4NO2. The number of fused-ring (bicyclic) bond motifs is 6. The van der Waals surface area contributed by atoms with E-state index >= 15 is 0 Å². The van der Waals surface area contributed by atoms with Gasteiger partial charge in [-0.3, -0.25) is 4.98 Å². The van der Waals surface area contributed by atoms with Crippen molar-refractivity contribution in [2.75, 3.05) is 14.2 Å². The molecule has 0 amide bonds. The molecule has 0 saturated heterocycles. The van der Waals surface area contributed by atoms with E-state index in [4.69, 9.17) is 9.47 Å². The first kappa shape index (κ1) is 30.4. The number of nitrogens with zero attached hydrogens (tertiary/aromatic N) is 1. The van der Waals surface area contributed by atoms with Gasteiger partial charge in [-0.25, -0.2) is 4.39 Å². The fourth-order valence-electron chi connectivity index (χ4n) is 6.58. The fraction of sp³-hybridized carbons (Fsp3) is 0.237. The molecule has 6 aromatic rings. The van der Waals surface area contributed by atoms with E-state index in [1.54, 1.807) is 14.2 Å². The predicted octanol–water partition coefficient (Wildman–Crippen LogP) is 10.5. The summed E-state index contributed by atoms with van der Waals surface area (Å²) >= 11 is 0. The Kier molecular flexibility index (Phi) is 8.61. The zero-order valence-electron chi connectivity index (χ0n) is 25.1. The van der Waals surface area contributed by atoms with Crippen molar-refractivity contribution < 1.29 is 27.0 Å². The lowest BCUT2D eigenvalue weighted by Gasteiger charge is -2.28. The number of pyridine rings is 1. The molecule has 230 valence electrons. The van der Waals surface area contributed by atoms with Crippen LogP contribution in [0.5, 0.6) is 11.5 Å². The molecule has 0 fully saturated rings. The molecule has 0 N–H and O–H groups in total. The molecule has 0 saturated carbocycles. The standard InChI is InChI=1S/C29H26F4O2.C9H7N/c1-34-26-8-4-7-22-21-13-12-19-18(5-3-6-20(19)23(21)16-27(35-2)28(22)26)11-9-17-10-14-25(30)24(15-17)29(31,32)33;1-2-4-9-7-10-6-5-8(9)3-1/h4,7-8,10,12-16,18H,3,5-6,9,11H2,1-2H3;1-7H. The SMILES string of the molecule is COc1cccc2c1c(OC)cc1c3c(ccc12)C(CCc1ccc(F)c(C(F)(F)F)c1)CCC3.c1ccc2cnccc2c1. The molecule has 1 aliphatic rings. The Hall–Kier alpha value is -4.65. The van der Waals surface area contributed by atoms with Crippen LogP contribution in [-0.4, -0.2) is 19.2 Å². The summed E-state index contributed by atoms with van der Waals surface area (Å²) in [6, 6.07) is 25.9. The van der Waals surface area contributed by atoms with Crippen molar-refractivity contribution in [3.63, 3.8) is 0 Å². The summed E-state index contributed by atoms with van der Waals surface area (Å²) in [5.74, 6) is 0.518. The molecular weight excluding hydrogens is 578 g/mol. The van der Waals surface area contributed by atoms with Gasteiger partial charge in [0, 0.05) is 12.4 Å². The number of methoxy groups -OCH3 is 2. The quantitative estimate of drug-likeness (QED) is 0.144. The molecule has 1 aliphatic carbocycles. The second-order valence-corrected chi connectivity index (χ2v) is 11.4. The molecule has 7 rings (SSSR count). The number of aromatic nitrogens is 1. The van der Waals surface area contributed by atoms with Crippen LogP contribution >= 0.6 is 0 Å². The van der Waals surface area contributed by atoms with E-state index in [2.05, 4.69) is 41.4 Å². The third-order valence-electron chi connectivity index (χ3n) is 8.76. The molecule has 7 heteroatoms. The summed E-state index contributed by atoms with van der Waals surface area (Å²) in [4.78, 5) is 4.01. The first-order valence-electron chi connectivity index (χ1n) is 15.0. The first-order valence-corrected chi connectivity index (χ1v) is 15.0. The molecule has 0 radical (unpaired) electrons. The summed E-state index contributed by atoms with van der Waals surface area (Å²) in [6.45, 7) is 0. The van der Waals surface area contributed by atoms with Crippen molar-refractivity contribution >= 4 is 32.3 Å². The van der Waals surface area contributed by atoms with Crippen molar-refractivity contribution in [2.24, 2.45) is 0 Å². The minimum Gasteiger partial charge on any atom is -0.496 e. The normalized spacial score (nSPS) is 14.6. The Morgan fingerprint density at radius 1 is 0.800 bits per heavy atom. The average molecular weight is 612 g/mol. The summed E-state index contributed by atoms with van der Waals surface area (Å²) in [5, 5.41) is 6.73. The first-order chi connectivity index (χ1) is 21.8. The number of aryl methyl sites for hydroxylation is 2. The highest BCUT2D eigenvalue weighted by Crippen LogP contribution is 2.44. The molecule has 0 aliphatic heterocycles. The van der Waals surface area contributed by atoms with Crippen LogP contribution < -0.4 is 9.47 Å². The molecule has 0 bridgehead atoms. The zero-order chi connectivity index (χ0) is 31.6. The van der Waals surface area contributed by atoms with Gasteiger partial charge in [-0.2, -0.15) is 13.2 Å². The van der Waals surface area contributed by atoms with Crippen LogP contribution in [0.1, 0.15) is 47.4 Å². The number of hydrogen-bond acceptors (Lipinski definition) is 3. The highest BCUT2D eigenvalue weighted by atomic mass is 19.4. The van der Waals surface area contributed by atoms with Crippen LogP contribution in [0.2, 0.25) is 0 Å². The number of ether oxygens (including phenoxy) is 2. The van der Waals surface area contributed by atoms with Gasteiger partial charge in [-0.15, -0.1) is 0 Å². The molecule has 0 spiro atoms. The molecule has 1 aromatic heterocycles. The van der Waals surface area contributed by atoms with Gasteiger partial charge < -0.3 is 9.47 Å². The van der Waals surface area contributed by atoms with Crippen LogP contribution in [0.15, 0.2) is 97.3 Å². The van der Waals surface area contributed by atoms with E-state index in [1.165, 1.54) is 28.0 Å². The molecule has 5 aromatic carbocycles. The average Bonchev–Trinajstić information content (AvgIpc) is 3.06. The van der Waals surface area contributed by atoms with Gasteiger partial charge in [-0.1, -0.05) is 54.6 Å². The maximum atomic E-state index is 13.7. The van der Waals surface area contributed by atoms with Gasteiger partial charge in [0.25, 0.3) is 0 Å². The van der Waals surface area contributed by atoms with Crippen molar-refractivity contribution in [1.82, 2.24) is 4.98 Å². The third-order valence-corrected chi connectivity index (χ3v) is 8.76. The van der Waals surface area contributed by atoms with Crippen molar-refractivity contribution in [3.05, 3.63) is 125 Å². The van der Waals surface area contributed by atoms with Crippen LogP contribution in [0.4, 0.5) is 17.6 Å². The number of halogens is 4. The Bertz CT molecular complexity index is 1920. The van der Waals surface area contributed by atoms with Gasteiger partial charge in [-0.05, 0) is 112 Å². The minimum absolute atomic E-state index is 0.231. The second kappa shape index (κ2) is 12.8. The maximum absolute atomic E-state index is 13.7. The van der Waals surface area contributed by atoms with Crippen molar-refractivity contribution in [2.45, 2.75) is 44.2 Å². The second-order valence-electron chi connectivity index (χ2n) is 11.4. The Morgan fingerprint density at radius 2 is 1.60 bits per heavy atom. The van der Waals surface area contributed by atoms with E-state index in [-0.39, 0.29) is 5.92 Å². The largest absolute Gasteiger partial charge is 0.496 e. The van der Waals surface area contributed by atoms with Crippen LogP contribution in [0, 0.1) is 5.82 Å². The molecule has 45 heavy (non-hydrogen) atoms. The fourth-order valence-corrected chi connectivity index (χ4v) is 6.58. The van der Waals surface area contributed by atoms with Gasteiger partial charge >= 0.3 is 6.18 Å². The lowest BCUT2D eigenvalue weighted by Crippen LogP contribution is -2.12. The number of rotatable bonds is 5. The predicted molar refractivity (Wildman–Crippen MR) is 172 cm³/mol. The lowest BCUT2D eigenvalue weighted by atomic mass is 9.77. The molecule has 3 nitrogen and oxygen atoms in total. The number of hydrogen-bond donors (Lipinski definition) is 0. The molecule has 1 atom stereocenters. The van der Waals surface area contributed by atoms with Crippen molar-refractivity contribution in [3.8, 4) is 11.5 Å². The minimum atomic E-state index is -4.69. The number of alkyl halides is 3. The molecule has 1 heterocycles. The summed E-state index contributed by atoms with van der Waals surface area (Å²) in [6.07, 6.45) is 3.08. The van der Waals surface area contributed by atoms with E-state index in [0.717, 1.165) is 64.4 Å². The monoisotopic (exact) mass is 611 g/mol. The van der Waals surface area contributed by atoms with Gasteiger partial charge in [0.15, 0.2) is 0 Å². The smallest absolute Gasteiger partial charge is 0.419 e. The summed E-state index contributed by atoms with van der Waals surface area (Å²) < 4.78 is 64.4. The highest BCUT2D eigenvalue weighted by molar-refractivity contribution is 6.13. The van der Waals surface area contributed by atoms with Gasteiger partial charge in [0.05, 0.1) is 25.2 Å². The Labute approximate surface area is 259 Å². The van der Waals surface area contributed by atoms with Gasteiger partial charge in [0.2, 0.25) is 0 Å². The zero-order valence-corrected chi connectivity index (χ0v) is 25.1. The van der Waals surface area contributed by atoms with Crippen molar-refractivity contribution in [1.29, 1.82) is 0 Å². The van der Waals surface area contributed by atoms with E-state index in [0.29, 0.717) is 18.4 Å². The highest BCUT2D eigenvalue weighted by Gasteiger charge is 2.34. The van der Waals surface area contributed by atoms with Gasteiger partial charge in [0.1, 0.15) is 17.3 Å². The Morgan fingerprint density at radius 3 is 2.36 bits per heavy atom. The van der Waals surface area contributed by atoms with E-state index < -0.39 is 17.6 Å². The van der Waals surface area contributed by atoms with E-state index in [9.17, 15) is 17.6 Å². The number of benzene rings is 5. The van der Waals surface area contributed by atoms with Crippen LogP contribution in [-0.2, 0) is 19.0 Å².